The Morgan fingerprint density at radius 2 is 1.84 bits per heavy atom. The van der Waals surface area contributed by atoms with Crippen LogP contribution in [0.1, 0.15) is 0 Å². The molecule has 2 fully saturated rings. The van der Waals surface area contributed by atoms with E-state index in [9.17, 15) is 8.42 Å². The largest absolute Gasteiger partial charge is 0.409 e. The quantitative estimate of drug-likeness (QED) is 0.269. The van der Waals surface area contributed by atoms with Crippen molar-refractivity contribution < 1.29 is 23.1 Å². The molecule has 2 aliphatic heterocycles. The van der Waals surface area contributed by atoms with Crippen molar-refractivity contribution in [2.75, 3.05) is 46.0 Å². The van der Waals surface area contributed by atoms with E-state index in [1.807, 2.05) is 0 Å². The zero-order valence-corrected chi connectivity index (χ0v) is 11.3. The first-order chi connectivity index (χ1) is 9.05. The summed E-state index contributed by atoms with van der Waals surface area (Å²) >= 11 is 0. The average molecular weight is 294 g/mol. The molecule has 0 radical (unpaired) electrons. The van der Waals surface area contributed by atoms with Gasteiger partial charge < -0.3 is 20.4 Å². The molecule has 9 nitrogen and oxygen atoms in total. The van der Waals surface area contributed by atoms with Crippen LogP contribution in [0.15, 0.2) is 5.16 Å². The van der Waals surface area contributed by atoms with Crippen molar-refractivity contribution in [1.82, 2.24) is 8.61 Å². The Hall–Kier alpha value is -0.940. The van der Waals surface area contributed by atoms with Gasteiger partial charge in [0.25, 0.3) is 10.2 Å². The van der Waals surface area contributed by atoms with Crippen LogP contribution in [0.5, 0.6) is 0 Å². The number of hydrogen-bond acceptors (Lipinski definition) is 6. The summed E-state index contributed by atoms with van der Waals surface area (Å²) in [5, 5.41) is 11.5. The van der Waals surface area contributed by atoms with Gasteiger partial charge in [0.15, 0.2) is 5.84 Å². The van der Waals surface area contributed by atoms with Gasteiger partial charge in [0.05, 0.1) is 19.8 Å². The van der Waals surface area contributed by atoms with E-state index in [0.29, 0.717) is 26.3 Å². The first-order valence-corrected chi connectivity index (χ1v) is 7.37. The zero-order chi connectivity index (χ0) is 13.9. The van der Waals surface area contributed by atoms with Gasteiger partial charge in [0.2, 0.25) is 0 Å². The van der Waals surface area contributed by atoms with Crippen molar-refractivity contribution in [3.05, 3.63) is 0 Å². The van der Waals surface area contributed by atoms with Gasteiger partial charge in [-0.3, -0.25) is 0 Å². The molecule has 10 heteroatoms. The van der Waals surface area contributed by atoms with Crippen molar-refractivity contribution in [1.29, 1.82) is 0 Å². The molecular weight excluding hydrogens is 276 g/mol. The molecule has 0 saturated carbocycles. The third-order valence-electron chi connectivity index (χ3n) is 3.10. The van der Waals surface area contributed by atoms with E-state index in [-0.39, 0.29) is 25.5 Å². The second kappa shape index (κ2) is 6.01. The number of amidine groups is 1. The van der Waals surface area contributed by atoms with E-state index < -0.39 is 16.3 Å². The molecule has 0 aromatic heterocycles. The highest BCUT2D eigenvalue weighted by molar-refractivity contribution is 7.86. The number of oxime groups is 1. The molecule has 0 spiro atoms. The predicted molar refractivity (Wildman–Crippen MR) is 66.0 cm³/mol. The molecule has 0 aromatic rings. The van der Waals surface area contributed by atoms with E-state index in [1.165, 1.54) is 8.61 Å². The lowest BCUT2D eigenvalue weighted by atomic mass is 10.3. The van der Waals surface area contributed by atoms with Crippen LogP contribution in [-0.4, -0.2) is 80.2 Å². The van der Waals surface area contributed by atoms with Crippen molar-refractivity contribution in [2.24, 2.45) is 10.9 Å². The van der Waals surface area contributed by atoms with Gasteiger partial charge in [-0.2, -0.15) is 17.0 Å². The lowest BCUT2D eigenvalue weighted by Gasteiger charge is -2.36. The minimum atomic E-state index is -3.55. The molecule has 0 bridgehead atoms. The molecule has 2 rings (SSSR count). The second-order valence-corrected chi connectivity index (χ2v) is 6.19. The molecule has 1 unspecified atom stereocenters. The van der Waals surface area contributed by atoms with Crippen LogP contribution in [0.4, 0.5) is 0 Å². The monoisotopic (exact) mass is 294 g/mol. The van der Waals surface area contributed by atoms with Crippen LogP contribution in [0.3, 0.4) is 0 Å². The van der Waals surface area contributed by atoms with Gasteiger partial charge in [0, 0.05) is 26.2 Å². The molecule has 3 N–H and O–H groups in total. The smallest absolute Gasteiger partial charge is 0.282 e. The number of ether oxygens (including phenoxy) is 2. The average Bonchev–Trinajstić information content (AvgIpc) is 2.47. The third-order valence-corrected chi connectivity index (χ3v) is 5.10. The Labute approximate surface area is 111 Å². The fourth-order valence-corrected chi connectivity index (χ4v) is 3.59. The van der Waals surface area contributed by atoms with Crippen LogP contribution in [-0.2, 0) is 19.7 Å². The first-order valence-electron chi connectivity index (χ1n) is 5.97. The number of nitrogens with zero attached hydrogens (tertiary/aromatic N) is 3. The van der Waals surface area contributed by atoms with Crippen LogP contribution < -0.4 is 5.73 Å². The maximum absolute atomic E-state index is 12.4. The van der Waals surface area contributed by atoms with Crippen molar-refractivity contribution in [3.8, 4) is 0 Å². The summed E-state index contributed by atoms with van der Waals surface area (Å²) in [5.41, 5.74) is 5.45. The maximum Gasteiger partial charge on any atom is 0.282 e. The van der Waals surface area contributed by atoms with Crippen LogP contribution in [0.2, 0.25) is 0 Å². The summed E-state index contributed by atoms with van der Waals surface area (Å²) in [7, 11) is -3.55. The second-order valence-electron chi connectivity index (χ2n) is 4.26. The van der Waals surface area contributed by atoms with Crippen LogP contribution >= 0.6 is 0 Å². The van der Waals surface area contributed by atoms with Crippen molar-refractivity contribution in [2.45, 2.75) is 6.10 Å². The lowest BCUT2D eigenvalue weighted by molar-refractivity contribution is 0.0287. The van der Waals surface area contributed by atoms with Crippen molar-refractivity contribution >= 4 is 16.0 Å². The highest BCUT2D eigenvalue weighted by atomic mass is 32.2. The predicted octanol–water partition coefficient (Wildman–Crippen LogP) is -1.99. The fraction of sp³-hybridized carbons (Fsp3) is 0.889. The molecule has 19 heavy (non-hydrogen) atoms. The molecule has 0 aromatic carbocycles. The minimum absolute atomic E-state index is 0.0512. The Morgan fingerprint density at radius 3 is 2.47 bits per heavy atom. The van der Waals surface area contributed by atoms with E-state index in [0.717, 1.165) is 0 Å². The summed E-state index contributed by atoms with van der Waals surface area (Å²) in [6.45, 7) is 2.00. The highest BCUT2D eigenvalue weighted by Gasteiger charge is 2.36. The van der Waals surface area contributed by atoms with Gasteiger partial charge in [-0.05, 0) is 0 Å². The minimum Gasteiger partial charge on any atom is -0.409 e. The summed E-state index contributed by atoms with van der Waals surface area (Å²) in [4.78, 5) is 0. The number of hydrogen-bond donors (Lipinski definition) is 2. The van der Waals surface area contributed by atoms with Gasteiger partial charge in [-0.25, -0.2) is 0 Å². The van der Waals surface area contributed by atoms with Gasteiger partial charge >= 0.3 is 0 Å². The Balaban J connectivity index is 2.07. The molecular formula is C9H18N4O5S. The molecule has 2 aliphatic rings. The van der Waals surface area contributed by atoms with E-state index in [4.69, 9.17) is 20.4 Å². The first kappa shape index (κ1) is 14.5. The third kappa shape index (κ3) is 3.15. The fourth-order valence-electron chi connectivity index (χ4n) is 2.02. The number of rotatable bonds is 3. The Kier molecular flexibility index (Phi) is 4.58. The van der Waals surface area contributed by atoms with Crippen LogP contribution in [0, 0.1) is 0 Å². The summed E-state index contributed by atoms with van der Waals surface area (Å²) in [5.74, 6) is -0.123. The molecule has 0 aliphatic carbocycles. The molecule has 2 saturated heterocycles. The van der Waals surface area contributed by atoms with Gasteiger partial charge in [0.1, 0.15) is 6.10 Å². The van der Waals surface area contributed by atoms with Crippen LogP contribution in [0.25, 0.3) is 0 Å². The Morgan fingerprint density at radius 1 is 1.21 bits per heavy atom. The Bertz CT molecular complexity index is 434. The highest BCUT2D eigenvalue weighted by Crippen LogP contribution is 2.15. The van der Waals surface area contributed by atoms with E-state index in [2.05, 4.69) is 5.16 Å². The normalized spacial score (nSPS) is 28.4. The molecule has 0 amide bonds. The molecule has 1 atom stereocenters. The number of nitrogens with two attached hydrogens (primary N) is 1. The van der Waals surface area contributed by atoms with E-state index in [1.54, 1.807) is 0 Å². The lowest BCUT2D eigenvalue weighted by Crippen LogP contribution is -2.55. The summed E-state index contributed by atoms with van der Waals surface area (Å²) in [6, 6.07) is 0. The van der Waals surface area contributed by atoms with Crippen molar-refractivity contribution in [3.63, 3.8) is 0 Å². The topological polar surface area (TPSA) is 118 Å². The maximum atomic E-state index is 12.4. The standard InChI is InChI=1S/C9H18N4O5S/c10-9(11-14)8-7-13(3-6-18-8)19(15,16)12-1-4-17-5-2-12/h8,14H,1-7H2,(H2,10,11). The van der Waals surface area contributed by atoms with E-state index >= 15 is 0 Å². The SMILES string of the molecule is NC(=NO)C1CN(S(=O)(=O)N2CCOCC2)CCO1. The summed E-state index contributed by atoms with van der Waals surface area (Å²) in [6.07, 6.45) is -0.713. The van der Waals surface area contributed by atoms with Gasteiger partial charge in [-0.15, -0.1) is 0 Å². The zero-order valence-electron chi connectivity index (χ0n) is 10.4. The van der Waals surface area contributed by atoms with Gasteiger partial charge in [-0.1, -0.05) is 5.16 Å². The number of morpholine rings is 2. The molecule has 2 heterocycles. The molecule has 110 valence electrons. The summed E-state index contributed by atoms with van der Waals surface area (Å²) < 4.78 is 37.9.